The van der Waals surface area contributed by atoms with Gasteiger partial charge in [-0.15, -0.1) is 0 Å². The molecule has 4 heteroatoms. The molecule has 2 N–H and O–H groups in total. The number of allylic oxidation sites excluding steroid dienone is 1. The first kappa shape index (κ1) is 15.3. The van der Waals surface area contributed by atoms with Crippen molar-refractivity contribution in [1.29, 1.82) is 0 Å². The number of carbonyl (C=O) groups excluding carboxylic acids is 1. The van der Waals surface area contributed by atoms with Crippen LogP contribution in [0.3, 0.4) is 0 Å². The van der Waals surface area contributed by atoms with Crippen molar-refractivity contribution in [2.75, 3.05) is 20.1 Å². The van der Waals surface area contributed by atoms with Crippen LogP contribution in [-0.2, 0) is 4.79 Å². The maximum Gasteiger partial charge on any atom is 0.136 e. The molecule has 0 aromatic carbocycles. The molecule has 0 aromatic heterocycles. The highest BCUT2D eigenvalue weighted by atomic mass is 19.1. The molecule has 0 aliphatic carbocycles. The summed E-state index contributed by atoms with van der Waals surface area (Å²) >= 11 is 0. The minimum Gasteiger partial charge on any atom is -0.314 e. The fourth-order valence-corrected chi connectivity index (χ4v) is 1.39. The van der Waals surface area contributed by atoms with E-state index in [1.807, 2.05) is 0 Å². The third kappa shape index (κ3) is 6.69. The Kier molecular flexibility index (Phi) is 8.03. The van der Waals surface area contributed by atoms with Crippen LogP contribution in [0.15, 0.2) is 11.4 Å². The Bertz CT molecular complexity index is 237. The van der Waals surface area contributed by atoms with Crippen LogP contribution >= 0.6 is 0 Å². The average molecular weight is 230 g/mol. The van der Waals surface area contributed by atoms with Gasteiger partial charge in [-0.1, -0.05) is 6.92 Å². The summed E-state index contributed by atoms with van der Waals surface area (Å²) < 4.78 is 12.3. The van der Waals surface area contributed by atoms with Crippen molar-refractivity contribution in [2.45, 2.75) is 33.2 Å². The van der Waals surface area contributed by atoms with E-state index in [0.717, 1.165) is 24.8 Å². The maximum absolute atomic E-state index is 12.3. The smallest absolute Gasteiger partial charge is 0.136 e. The van der Waals surface area contributed by atoms with Gasteiger partial charge in [0, 0.05) is 6.54 Å². The molecule has 1 aliphatic rings. The molecule has 1 rings (SSSR count). The highest BCUT2D eigenvalue weighted by Gasteiger charge is 2.18. The van der Waals surface area contributed by atoms with Crippen LogP contribution in [0.4, 0.5) is 4.39 Å². The predicted octanol–water partition coefficient (Wildman–Crippen LogP) is 1.65. The van der Waals surface area contributed by atoms with Crippen LogP contribution in [0.5, 0.6) is 0 Å². The van der Waals surface area contributed by atoms with Crippen molar-refractivity contribution in [3.8, 4) is 0 Å². The second-order valence-corrected chi connectivity index (χ2v) is 4.43. The fourth-order valence-electron chi connectivity index (χ4n) is 1.39. The van der Waals surface area contributed by atoms with E-state index in [1.54, 1.807) is 20.9 Å². The highest BCUT2D eigenvalue weighted by molar-refractivity contribution is 5.58. The van der Waals surface area contributed by atoms with Crippen molar-refractivity contribution in [3.63, 3.8) is 0 Å². The monoisotopic (exact) mass is 230 g/mol. The molecule has 0 radical (unpaired) electrons. The number of likely N-dealkylation sites (N-methyl/N-ethyl adjacent to an activating group) is 1. The molecule has 3 nitrogen and oxygen atoms in total. The van der Waals surface area contributed by atoms with E-state index in [-0.39, 0.29) is 11.9 Å². The minimum atomic E-state index is -0.0625. The Hall–Kier alpha value is -0.740. The predicted molar refractivity (Wildman–Crippen MR) is 65.0 cm³/mol. The number of nitrogens with one attached hydrogen (secondary N) is 2. The third-order valence-electron chi connectivity index (χ3n) is 2.42. The number of hydrogen-bond acceptors (Lipinski definition) is 3. The van der Waals surface area contributed by atoms with Crippen LogP contribution in [-0.4, -0.2) is 32.5 Å². The molecule has 1 aliphatic heterocycles. The molecule has 1 heterocycles. The summed E-state index contributed by atoms with van der Waals surface area (Å²) in [7, 11) is 1.72. The van der Waals surface area contributed by atoms with Crippen molar-refractivity contribution in [1.82, 2.24) is 10.6 Å². The lowest BCUT2D eigenvalue weighted by Gasteiger charge is -1.95. The van der Waals surface area contributed by atoms with E-state index in [9.17, 15) is 9.18 Å². The van der Waals surface area contributed by atoms with Gasteiger partial charge in [-0.3, -0.25) is 0 Å². The van der Waals surface area contributed by atoms with E-state index in [2.05, 4.69) is 17.6 Å². The summed E-state index contributed by atoms with van der Waals surface area (Å²) in [5.41, 5.74) is 0.749. The number of hydrogen-bond donors (Lipinski definition) is 2. The molecule has 0 amide bonds. The van der Waals surface area contributed by atoms with Gasteiger partial charge in [-0.05, 0) is 45.4 Å². The van der Waals surface area contributed by atoms with Crippen molar-refractivity contribution < 1.29 is 9.18 Å². The van der Waals surface area contributed by atoms with Crippen LogP contribution in [0.2, 0.25) is 0 Å². The number of rotatable bonds is 3. The summed E-state index contributed by atoms with van der Waals surface area (Å²) in [6, 6.07) is 0.144. The number of halogens is 1. The standard InChI is InChI=1S/C6H12FN.C6H11NO/c1-5(2)6(7)4-8-3;1-5-2-6(4-8)7-3-5/h8H,4H2,1-3H3;4-7H,2-3H2,1H3. The molecule has 0 bridgehead atoms. The number of aldehydes is 1. The molecule has 94 valence electrons. The van der Waals surface area contributed by atoms with Gasteiger partial charge in [0.25, 0.3) is 0 Å². The maximum atomic E-state index is 12.3. The first-order valence-electron chi connectivity index (χ1n) is 5.66. The van der Waals surface area contributed by atoms with Gasteiger partial charge in [-0.25, -0.2) is 4.39 Å². The fraction of sp³-hybridized carbons (Fsp3) is 0.750. The Morgan fingerprint density at radius 2 is 2.19 bits per heavy atom. The SMILES string of the molecule is CC1CNC(C=O)C1.CNCC(F)=C(C)C. The Morgan fingerprint density at radius 3 is 2.38 bits per heavy atom. The quantitative estimate of drug-likeness (QED) is 0.724. The molecule has 0 aromatic rings. The van der Waals surface area contributed by atoms with Crippen molar-refractivity contribution >= 4 is 6.29 Å². The van der Waals surface area contributed by atoms with Crippen LogP contribution in [0.1, 0.15) is 27.2 Å². The summed E-state index contributed by atoms with van der Waals surface area (Å²) in [6.45, 7) is 7.02. The molecular weight excluding hydrogens is 207 g/mol. The molecule has 1 saturated heterocycles. The highest BCUT2D eigenvalue weighted by Crippen LogP contribution is 2.09. The van der Waals surface area contributed by atoms with Crippen LogP contribution in [0.25, 0.3) is 0 Å². The average Bonchev–Trinajstić information content (AvgIpc) is 2.65. The van der Waals surface area contributed by atoms with Gasteiger partial charge in [-0.2, -0.15) is 0 Å². The van der Waals surface area contributed by atoms with E-state index < -0.39 is 0 Å². The largest absolute Gasteiger partial charge is 0.314 e. The zero-order valence-corrected chi connectivity index (χ0v) is 10.6. The molecule has 0 saturated carbocycles. The molecule has 0 spiro atoms. The number of carbonyl (C=O) groups is 1. The molecule has 2 unspecified atom stereocenters. The Balaban J connectivity index is 0.000000281. The molecular formula is C12H23FN2O. The topological polar surface area (TPSA) is 41.1 Å². The van der Waals surface area contributed by atoms with Gasteiger partial charge in [0.05, 0.1) is 6.04 Å². The van der Waals surface area contributed by atoms with E-state index in [1.165, 1.54) is 0 Å². The minimum absolute atomic E-state index is 0.0625. The summed E-state index contributed by atoms with van der Waals surface area (Å²) in [4.78, 5) is 10.1. The zero-order valence-electron chi connectivity index (χ0n) is 10.6. The van der Waals surface area contributed by atoms with Crippen molar-refractivity contribution in [3.05, 3.63) is 11.4 Å². The summed E-state index contributed by atoms with van der Waals surface area (Å²) in [6.07, 6.45) is 2.01. The lowest BCUT2D eigenvalue weighted by Crippen LogP contribution is -2.22. The lowest BCUT2D eigenvalue weighted by molar-refractivity contribution is -0.109. The second-order valence-electron chi connectivity index (χ2n) is 4.43. The van der Waals surface area contributed by atoms with E-state index in [4.69, 9.17) is 0 Å². The van der Waals surface area contributed by atoms with Crippen molar-refractivity contribution in [2.24, 2.45) is 5.92 Å². The van der Waals surface area contributed by atoms with E-state index >= 15 is 0 Å². The summed E-state index contributed by atoms with van der Waals surface area (Å²) in [5.74, 6) is 0.623. The van der Waals surface area contributed by atoms with E-state index in [0.29, 0.717) is 12.5 Å². The van der Waals surface area contributed by atoms with Gasteiger partial charge in [0.1, 0.15) is 12.1 Å². The Labute approximate surface area is 97.5 Å². The zero-order chi connectivity index (χ0) is 12.6. The third-order valence-corrected chi connectivity index (χ3v) is 2.42. The van der Waals surface area contributed by atoms with Gasteiger partial charge >= 0.3 is 0 Å². The second kappa shape index (κ2) is 8.42. The normalized spacial score (nSPS) is 23.3. The van der Waals surface area contributed by atoms with Crippen LogP contribution in [0, 0.1) is 5.92 Å². The first-order valence-corrected chi connectivity index (χ1v) is 5.66. The lowest BCUT2D eigenvalue weighted by atomic mass is 10.1. The molecule has 16 heavy (non-hydrogen) atoms. The first-order chi connectivity index (χ1) is 7.51. The van der Waals surface area contributed by atoms with Gasteiger partial charge < -0.3 is 15.4 Å². The van der Waals surface area contributed by atoms with Gasteiger partial charge in [0.15, 0.2) is 0 Å². The van der Waals surface area contributed by atoms with Crippen LogP contribution < -0.4 is 10.6 Å². The molecule has 2 atom stereocenters. The Morgan fingerprint density at radius 1 is 1.56 bits per heavy atom. The molecule has 1 fully saturated rings. The van der Waals surface area contributed by atoms with Gasteiger partial charge in [0.2, 0.25) is 0 Å². The summed E-state index contributed by atoms with van der Waals surface area (Å²) in [5, 5.41) is 5.80.